The van der Waals surface area contributed by atoms with Crippen LogP contribution in [0.2, 0.25) is 0 Å². The smallest absolute Gasteiger partial charge is 0.230 e. The van der Waals surface area contributed by atoms with E-state index in [1.165, 1.54) is 37.9 Å². The monoisotopic (exact) mass is 385 g/mol. The lowest BCUT2D eigenvalue weighted by molar-refractivity contribution is -0.119. The van der Waals surface area contributed by atoms with Crippen molar-refractivity contribution < 1.29 is 9.59 Å². The minimum absolute atomic E-state index is 0.0524. The molecular formula is C19H23N5O2S. The Morgan fingerprint density at radius 3 is 2.93 bits per heavy atom. The van der Waals surface area contributed by atoms with E-state index in [9.17, 15) is 9.59 Å². The Bertz CT molecular complexity index is 852. The van der Waals surface area contributed by atoms with Crippen LogP contribution in [0.1, 0.15) is 32.6 Å². The Labute approximate surface area is 162 Å². The quantitative estimate of drug-likeness (QED) is 0.664. The van der Waals surface area contributed by atoms with Crippen molar-refractivity contribution in [2.24, 2.45) is 11.8 Å². The second-order valence-electron chi connectivity index (χ2n) is 7.37. The molecule has 1 aromatic carbocycles. The van der Waals surface area contributed by atoms with E-state index >= 15 is 0 Å². The van der Waals surface area contributed by atoms with Crippen LogP contribution in [0.25, 0.3) is 11.4 Å². The summed E-state index contributed by atoms with van der Waals surface area (Å²) in [6.45, 7) is 1.47. The highest BCUT2D eigenvalue weighted by Gasteiger charge is 2.39. The van der Waals surface area contributed by atoms with Crippen molar-refractivity contribution in [1.82, 2.24) is 20.5 Å². The number of aromatic amines is 1. The van der Waals surface area contributed by atoms with Crippen molar-refractivity contribution in [2.75, 3.05) is 11.1 Å². The van der Waals surface area contributed by atoms with Gasteiger partial charge in [0.05, 0.1) is 5.75 Å². The van der Waals surface area contributed by atoms with Crippen molar-refractivity contribution in [2.45, 2.75) is 43.8 Å². The number of fused-ring (bicyclic) bond motifs is 2. The van der Waals surface area contributed by atoms with Gasteiger partial charge < -0.3 is 10.6 Å². The summed E-state index contributed by atoms with van der Waals surface area (Å²) in [6, 6.07) is 7.74. The van der Waals surface area contributed by atoms with Gasteiger partial charge >= 0.3 is 0 Å². The molecule has 2 aromatic rings. The van der Waals surface area contributed by atoms with Gasteiger partial charge in [-0.15, -0.1) is 5.10 Å². The molecule has 3 N–H and O–H groups in total. The molecule has 4 rings (SSSR count). The number of aromatic nitrogens is 3. The molecule has 2 amide bonds. The van der Waals surface area contributed by atoms with Gasteiger partial charge in [-0.1, -0.05) is 30.3 Å². The summed E-state index contributed by atoms with van der Waals surface area (Å²) in [6.07, 6.45) is 5.00. The fraction of sp³-hybridized carbons (Fsp3) is 0.474. The van der Waals surface area contributed by atoms with E-state index in [-0.39, 0.29) is 11.8 Å². The molecule has 2 saturated carbocycles. The molecule has 142 valence electrons. The van der Waals surface area contributed by atoms with Crippen molar-refractivity contribution >= 4 is 29.3 Å². The van der Waals surface area contributed by atoms with Gasteiger partial charge in [0.25, 0.3) is 0 Å². The molecule has 8 heteroatoms. The number of carbonyl (C=O) groups excluding carboxylic acids is 2. The molecule has 27 heavy (non-hydrogen) atoms. The molecule has 1 heterocycles. The fourth-order valence-electron chi connectivity index (χ4n) is 4.19. The second kappa shape index (κ2) is 7.72. The maximum atomic E-state index is 12.2. The maximum absolute atomic E-state index is 12.2. The van der Waals surface area contributed by atoms with E-state index < -0.39 is 0 Å². The number of amides is 2. The molecule has 7 nitrogen and oxygen atoms in total. The molecule has 2 fully saturated rings. The number of nitrogens with zero attached hydrogens (tertiary/aromatic N) is 2. The summed E-state index contributed by atoms with van der Waals surface area (Å²) in [5.41, 5.74) is 1.53. The molecule has 0 spiro atoms. The first-order chi connectivity index (χ1) is 13.1. The summed E-state index contributed by atoms with van der Waals surface area (Å²) in [5, 5.41) is 13.5. The molecule has 0 unspecified atom stereocenters. The van der Waals surface area contributed by atoms with E-state index in [2.05, 4.69) is 25.8 Å². The number of hydrogen-bond acceptors (Lipinski definition) is 5. The molecule has 2 aliphatic carbocycles. The largest absolute Gasteiger partial charge is 0.352 e. The molecule has 3 atom stereocenters. The van der Waals surface area contributed by atoms with Crippen LogP contribution in [0, 0.1) is 11.8 Å². The normalized spacial score (nSPS) is 23.4. The average molecular weight is 385 g/mol. The summed E-state index contributed by atoms with van der Waals surface area (Å²) in [4.78, 5) is 27.9. The highest BCUT2D eigenvalue weighted by Crippen LogP contribution is 2.44. The highest BCUT2D eigenvalue weighted by molar-refractivity contribution is 7.99. The molecule has 2 bridgehead atoms. The fourth-order valence-corrected chi connectivity index (χ4v) is 4.80. The Hall–Kier alpha value is -2.35. The van der Waals surface area contributed by atoms with E-state index in [1.807, 2.05) is 24.3 Å². The first-order valence-electron chi connectivity index (χ1n) is 9.29. The van der Waals surface area contributed by atoms with Crippen LogP contribution in [0.15, 0.2) is 29.4 Å². The molecule has 1 aromatic heterocycles. The summed E-state index contributed by atoms with van der Waals surface area (Å²) in [7, 11) is 0. The van der Waals surface area contributed by atoms with Crippen LogP contribution in [-0.2, 0) is 9.59 Å². The third-order valence-corrected chi connectivity index (χ3v) is 6.19. The zero-order chi connectivity index (χ0) is 18.8. The lowest BCUT2D eigenvalue weighted by Gasteiger charge is -2.22. The van der Waals surface area contributed by atoms with Crippen molar-refractivity contribution in [3.05, 3.63) is 24.3 Å². The third-order valence-electron chi connectivity index (χ3n) is 5.34. The van der Waals surface area contributed by atoms with Gasteiger partial charge in [0.1, 0.15) is 0 Å². The van der Waals surface area contributed by atoms with Crippen LogP contribution < -0.4 is 10.6 Å². The number of H-pyrrole nitrogens is 1. The Balaban J connectivity index is 1.31. The van der Waals surface area contributed by atoms with Gasteiger partial charge in [-0.05, 0) is 43.2 Å². The number of nitrogens with one attached hydrogen (secondary N) is 3. The second-order valence-corrected chi connectivity index (χ2v) is 8.31. The zero-order valence-electron chi connectivity index (χ0n) is 15.2. The number of benzene rings is 1. The molecule has 0 aliphatic heterocycles. The molecule has 0 radical (unpaired) electrons. The van der Waals surface area contributed by atoms with E-state index in [4.69, 9.17) is 0 Å². The van der Waals surface area contributed by atoms with Gasteiger partial charge in [0.15, 0.2) is 5.82 Å². The average Bonchev–Trinajstić information content (AvgIpc) is 3.36. The predicted octanol–water partition coefficient (Wildman–Crippen LogP) is 2.83. The van der Waals surface area contributed by atoms with E-state index in [0.29, 0.717) is 34.4 Å². The standard InChI is InChI=1S/C19H23N5O2S/c1-11(25)20-15-4-2-3-14(9-15)18-22-19(24-23-18)27-10-17(26)21-16-8-12-5-6-13(16)7-12/h2-4,9,12-13,16H,5-8,10H2,1H3,(H,20,25)(H,21,26)(H,22,23,24)/t12-,13-,16+/m0/s1. The predicted molar refractivity (Wildman–Crippen MR) is 104 cm³/mol. The van der Waals surface area contributed by atoms with E-state index in [0.717, 1.165) is 17.9 Å². The van der Waals surface area contributed by atoms with Gasteiger partial charge in [-0.3, -0.25) is 14.7 Å². The van der Waals surface area contributed by atoms with Gasteiger partial charge in [-0.25, -0.2) is 4.98 Å². The lowest BCUT2D eigenvalue weighted by Crippen LogP contribution is -2.39. The number of anilines is 1. The topological polar surface area (TPSA) is 99.8 Å². The number of hydrogen-bond donors (Lipinski definition) is 3. The Morgan fingerprint density at radius 1 is 1.30 bits per heavy atom. The molecular weight excluding hydrogens is 362 g/mol. The first-order valence-corrected chi connectivity index (χ1v) is 10.3. The molecule has 0 saturated heterocycles. The van der Waals surface area contributed by atoms with Crippen molar-refractivity contribution in [3.63, 3.8) is 0 Å². The van der Waals surface area contributed by atoms with E-state index in [1.54, 1.807) is 0 Å². The zero-order valence-corrected chi connectivity index (χ0v) is 16.0. The van der Waals surface area contributed by atoms with Crippen LogP contribution in [0.5, 0.6) is 0 Å². The lowest BCUT2D eigenvalue weighted by atomic mass is 9.95. The third kappa shape index (κ3) is 4.32. The first kappa shape index (κ1) is 18.0. The summed E-state index contributed by atoms with van der Waals surface area (Å²) >= 11 is 1.33. The minimum Gasteiger partial charge on any atom is -0.352 e. The number of rotatable bonds is 6. The van der Waals surface area contributed by atoms with Gasteiger partial charge in [-0.2, -0.15) is 0 Å². The minimum atomic E-state index is -0.123. The van der Waals surface area contributed by atoms with Crippen molar-refractivity contribution in [1.29, 1.82) is 0 Å². The highest BCUT2D eigenvalue weighted by atomic mass is 32.2. The van der Waals surface area contributed by atoms with Crippen LogP contribution in [0.3, 0.4) is 0 Å². The van der Waals surface area contributed by atoms with Crippen molar-refractivity contribution in [3.8, 4) is 11.4 Å². The van der Waals surface area contributed by atoms with Crippen LogP contribution >= 0.6 is 11.8 Å². The summed E-state index contributed by atoms with van der Waals surface area (Å²) in [5.74, 6) is 2.35. The number of carbonyl (C=O) groups is 2. The van der Waals surface area contributed by atoms with Crippen LogP contribution in [-0.4, -0.2) is 38.8 Å². The number of thioether (sulfide) groups is 1. The Kier molecular flexibility index (Phi) is 5.15. The maximum Gasteiger partial charge on any atom is 0.230 e. The van der Waals surface area contributed by atoms with Crippen LogP contribution in [0.4, 0.5) is 5.69 Å². The summed E-state index contributed by atoms with van der Waals surface area (Å²) < 4.78 is 0. The van der Waals surface area contributed by atoms with Gasteiger partial charge in [0, 0.05) is 24.2 Å². The molecule has 2 aliphatic rings. The Morgan fingerprint density at radius 2 is 2.19 bits per heavy atom. The SMILES string of the molecule is CC(=O)Nc1cccc(-c2nc(SCC(=O)N[C@@H]3C[C@H]4CC[C@H]3C4)n[nH]2)c1. The van der Waals surface area contributed by atoms with Gasteiger partial charge in [0.2, 0.25) is 17.0 Å².